The van der Waals surface area contributed by atoms with Gasteiger partial charge in [-0.05, 0) is 18.8 Å². The zero-order valence-electron chi connectivity index (χ0n) is 7.26. The lowest BCUT2D eigenvalue weighted by molar-refractivity contribution is -0.111. The molecular weight excluding hydrogens is 124 g/mol. The van der Waals surface area contributed by atoms with Gasteiger partial charge in [0.25, 0.3) is 0 Å². The van der Waals surface area contributed by atoms with Crippen LogP contribution in [0.4, 0.5) is 0 Å². The first-order valence-corrected chi connectivity index (χ1v) is 4.19. The molecule has 0 saturated carbocycles. The van der Waals surface area contributed by atoms with E-state index in [4.69, 9.17) is 0 Å². The maximum absolute atomic E-state index is 10.4. The molecule has 0 aromatic rings. The summed E-state index contributed by atoms with van der Waals surface area (Å²) in [6.45, 7) is 6.44. The summed E-state index contributed by atoms with van der Waals surface area (Å²) in [5.74, 6) is 1.00. The van der Waals surface area contributed by atoms with E-state index in [9.17, 15) is 4.79 Å². The van der Waals surface area contributed by atoms with Gasteiger partial charge >= 0.3 is 0 Å². The molecule has 0 aliphatic carbocycles. The molecule has 2 atom stereocenters. The highest BCUT2D eigenvalue weighted by molar-refractivity contribution is 5.53. The highest BCUT2D eigenvalue weighted by atomic mass is 16.1. The van der Waals surface area contributed by atoms with E-state index in [0.717, 1.165) is 19.1 Å². The molecule has 0 aliphatic rings. The Hall–Kier alpha value is -0.330. The second-order valence-electron chi connectivity index (χ2n) is 3.05. The smallest absolute Gasteiger partial charge is 0.123 e. The minimum Gasteiger partial charge on any atom is -0.303 e. The van der Waals surface area contributed by atoms with Crippen LogP contribution in [0.3, 0.4) is 0 Å². The Labute approximate surface area is 63.8 Å². The van der Waals surface area contributed by atoms with E-state index in [1.807, 2.05) is 0 Å². The molecule has 0 aromatic heterocycles. The Morgan fingerprint density at radius 1 is 1.30 bits per heavy atom. The fourth-order valence-electron chi connectivity index (χ4n) is 1.00. The predicted molar refractivity (Wildman–Crippen MR) is 43.9 cm³/mol. The van der Waals surface area contributed by atoms with Crippen molar-refractivity contribution in [2.45, 2.75) is 40.0 Å². The molecule has 0 amide bonds. The van der Waals surface area contributed by atoms with Crippen LogP contribution in [0, 0.1) is 11.8 Å². The summed E-state index contributed by atoms with van der Waals surface area (Å²) in [7, 11) is 0. The monoisotopic (exact) mass is 142 g/mol. The summed E-state index contributed by atoms with van der Waals surface area (Å²) in [5.41, 5.74) is 0. The van der Waals surface area contributed by atoms with E-state index in [1.165, 1.54) is 6.42 Å². The third kappa shape index (κ3) is 3.65. The Kier molecular flexibility index (Phi) is 5.27. The highest BCUT2D eigenvalue weighted by Crippen LogP contribution is 2.15. The van der Waals surface area contributed by atoms with Gasteiger partial charge in [-0.2, -0.15) is 0 Å². The van der Waals surface area contributed by atoms with Crippen molar-refractivity contribution in [3.8, 4) is 0 Å². The van der Waals surface area contributed by atoms with Crippen molar-refractivity contribution >= 4 is 6.29 Å². The summed E-state index contributed by atoms with van der Waals surface area (Å²) in [5, 5.41) is 0. The highest BCUT2D eigenvalue weighted by Gasteiger charge is 2.07. The third-order valence-corrected chi connectivity index (χ3v) is 2.12. The summed E-state index contributed by atoms with van der Waals surface area (Å²) >= 11 is 0. The van der Waals surface area contributed by atoms with Crippen molar-refractivity contribution in [3.63, 3.8) is 0 Å². The van der Waals surface area contributed by atoms with Crippen molar-refractivity contribution in [1.29, 1.82) is 0 Å². The molecule has 10 heavy (non-hydrogen) atoms. The topological polar surface area (TPSA) is 17.1 Å². The molecule has 0 N–H and O–H groups in total. The van der Waals surface area contributed by atoms with Crippen LogP contribution in [0.15, 0.2) is 0 Å². The summed E-state index contributed by atoms with van der Waals surface area (Å²) in [6.07, 6.45) is 4.33. The molecule has 0 saturated heterocycles. The molecule has 0 bridgehead atoms. The molecule has 60 valence electrons. The third-order valence-electron chi connectivity index (χ3n) is 2.12. The first kappa shape index (κ1) is 9.67. The minimum absolute atomic E-state index is 0.301. The van der Waals surface area contributed by atoms with Gasteiger partial charge in [0.1, 0.15) is 6.29 Å². The van der Waals surface area contributed by atoms with Crippen molar-refractivity contribution < 1.29 is 4.79 Å². The molecule has 1 heteroatoms. The molecule has 0 aromatic carbocycles. The number of hydrogen-bond acceptors (Lipinski definition) is 1. The summed E-state index contributed by atoms with van der Waals surface area (Å²) in [6, 6.07) is 0. The van der Waals surface area contributed by atoms with Crippen LogP contribution in [-0.2, 0) is 4.79 Å². The molecule has 0 heterocycles. The van der Waals surface area contributed by atoms with E-state index < -0.39 is 0 Å². The zero-order chi connectivity index (χ0) is 7.98. The average molecular weight is 142 g/mol. The number of carbonyl (C=O) groups excluding carboxylic acids is 1. The van der Waals surface area contributed by atoms with Crippen molar-refractivity contribution in [3.05, 3.63) is 0 Å². The second-order valence-corrected chi connectivity index (χ2v) is 3.05. The number of rotatable bonds is 5. The molecule has 1 nitrogen and oxygen atoms in total. The predicted octanol–water partition coefficient (Wildman–Crippen LogP) is 2.65. The van der Waals surface area contributed by atoms with Gasteiger partial charge in [-0.25, -0.2) is 0 Å². The van der Waals surface area contributed by atoms with E-state index in [0.29, 0.717) is 11.8 Å². The van der Waals surface area contributed by atoms with E-state index in [-0.39, 0.29) is 0 Å². The average Bonchev–Trinajstić information content (AvgIpc) is 1.99. The SMILES string of the molecule is CC[C@H](C)C[C@@H](C=O)CC. The Morgan fingerprint density at radius 3 is 2.20 bits per heavy atom. The molecular formula is C9H18O. The molecule has 0 fully saturated rings. The Morgan fingerprint density at radius 2 is 1.90 bits per heavy atom. The molecule has 0 spiro atoms. The van der Waals surface area contributed by atoms with Gasteiger partial charge < -0.3 is 4.79 Å². The second kappa shape index (κ2) is 5.45. The first-order valence-electron chi connectivity index (χ1n) is 4.19. The normalized spacial score (nSPS) is 16.3. The lowest BCUT2D eigenvalue weighted by Crippen LogP contribution is -2.05. The number of carbonyl (C=O) groups is 1. The first-order chi connectivity index (χ1) is 4.74. The van der Waals surface area contributed by atoms with Crippen LogP contribution in [0.5, 0.6) is 0 Å². The van der Waals surface area contributed by atoms with Gasteiger partial charge in [0.05, 0.1) is 0 Å². The van der Waals surface area contributed by atoms with Crippen LogP contribution < -0.4 is 0 Å². The maximum Gasteiger partial charge on any atom is 0.123 e. The molecule has 0 aliphatic heterocycles. The largest absolute Gasteiger partial charge is 0.303 e. The maximum atomic E-state index is 10.4. The van der Waals surface area contributed by atoms with Crippen LogP contribution >= 0.6 is 0 Å². The quantitative estimate of drug-likeness (QED) is 0.539. The lowest BCUT2D eigenvalue weighted by Gasteiger charge is -2.11. The van der Waals surface area contributed by atoms with Crippen molar-refractivity contribution in [1.82, 2.24) is 0 Å². The van der Waals surface area contributed by atoms with E-state index >= 15 is 0 Å². The van der Waals surface area contributed by atoms with Crippen molar-refractivity contribution in [2.24, 2.45) is 11.8 Å². The molecule has 0 unspecified atom stereocenters. The number of aldehydes is 1. The molecule has 0 radical (unpaired) electrons. The van der Waals surface area contributed by atoms with Crippen LogP contribution in [0.1, 0.15) is 40.0 Å². The summed E-state index contributed by atoms with van der Waals surface area (Å²) < 4.78 is 0. The number of hydrogen-bond donors (Lipinski definition) is 0. The standard InChI is InChI=1S/C9H18O/c1-4-8(3)6-9(5-2)7-10/h7-9H,4-6H2,1-3H3/t8-,9-/m0/s1. The summed E-state index contributed by atoms with van der Waals surface area (Å²) in [4.78, 5) is 10.4. The van der Waals surface area contributed by atoms with Crippen LogP contribution in [-0.4, -0.2) is 6.29 Å². The van der Waals surface area contributed by atoms with E-state index in [1.54, 1.807) is 0 Å². The Balaban J connectivity index is 3.51. The van der Waals surface area contributed by atoms with Gasteiger partial charge in [-0.1, -0.05) is 27.2 Å². The van der Waals surface area contributed by atoms with Gasteiger partial charge in [-0.15, -0.1) is 0 Å². The van der Waals surface area contributed by atoms with Gasteiger partial charge in [0.15, 0.2) is 0 Å². The zero-order valence-corrected chi connectivity index (χ0v) is 7.26. The van der Waals surface area contributed by atoms with Crippen molar-refractivity contribution in [2.75, 3.05) is 0 Å². The van der Waals surface area contributed by atoms with Gasteiger partial charge in [0.2, 0.25) is 0 Å². The molecule has 0 rings (SSSR count). The Bertz CT molecular complexity index is 88.7. The minimum atomic E-state index is 0.301. The fourth-order valence-corrected chi connectivity index (χ4v) is 1.00. The fraction of sp³-hybridized carbons (Fsp3) is 0.889. The lowest BCUT2D eigenvalue weighted by atomic mass is 9.93. The van der Waals surface area contributed by atoms with Gasteiger partial charge in [-0.3, -0.25) is 0 Å². The van der Waals surface area contributed by atoms with Crippen LogP contribution in [0.2, 0.25) is 0 Å². The van der Waals surface area contributed by atoms with Crippen LogP contribution in [0.25, 0.3) is 0 Å². The van der Waals surface area contributed by atoms with E-state index in [2.05, 4.69) is 20.8 Å². The van der Waals surface area contributed by atoms with Gasteiger partial charge in [0, 0.05) is 5.92 Å².